The first-order valence-corrected chi connectivity index (χ1v) is 7.63. The molecule has 1 fully saturated rings. The number of ether oxygens (including phenoxy) is 1. The first kappa shape index (κ1) is 13.7. The maximum Gasteiger partial charge on any atom is 0.137 e. The number of hydrogen-bond acceptors (Lipinski definition) is 4. The standard InChI is InChI=1S/C14H21NO2S/c1-17-12-7-11(8-15-9-12)14(16)10-18-13-5-3-2-4-6-13/h7-9,13-14,16H,2-6,10H2,1H3. The van der Waals surface area contributed by atoms with E-state index in [4.69, 9.17) is 4.74 Å². The van der Waals surface area contributed by atoms with Gasteiger partial charge < -0.3 is 9.84 Å². The van der Waals surface area contributed by atoms with Gasteiger partial charge in [-0.15, -0.1) is 0 Å². The van der Waals surface area contributed by atoms with Gasteiger partial charge in [-0.2, -0.15) is 11.8 Å². The van der Waals surface area contributed by atoms with Crippen molar-refractivity contribution in [2.75, 3.05) is 12.9 Å². The summed E-state index contributed by atoms with van der Waals surface area (Å²) in [5.74, 6) is 1.45. The molecule has 0 aliphatic heterocycles. The zero-order chi connectivity index (χ0) is 12.8. The van der Waals surface area contributed by atoms with Crippen LogP contribution >= 0.6 is 11.8 Å². The quantitative estimate of drug-likeness (QED) is 0.889. The highest BCUT2D eigenvalue weighted by Crippen LogP contribution is 2.31. The van der Waals surface area contributed by atoms with Gasteiger partial charge in [0, 0.05) is 22.8 Å². The van der Waals surface area contributed by atoms with Crippen LogP contribution in [0.15, 0.2) is 18.5 Å². The van der Waals surface area contributed by atoms with Crippen LogP contribution in [0, 0.1) is 0 Å². The number of methoxy groups -OCH3 is 1. The van der Waals surface area contributed by atoms with Crippen LogP contribution < -0.4 is 4.74 Å². The van der Waals surface area contributed by atoms with Crippen molar-refractivity contribution >= 4 is 11.8 Å². The summed E-state index contributed by atoms with van der Waals surface area (Å²) in [6.07, 6.45) is 9.59. The van der Waals surface area contributed by atoms with Crippen molar-refractivity contribution in [1.29, 1.82) is 0 Å². The Morgan fingerprint density at radius 1 is 1.39 bits per heavy atom. The van der Waals surface area contributed by atoms with Crippen molar-refractivity contribution in [3.63, 3.8) is 0 Å². The molecule has 1 aliphatic carbocycles. The molecule has 0 aromatic carbocycles. The first-order chi connectivity index (χ1) is 8.79. The van der Waals surface area contributed by atoms with E-state index in [0.717, 1.165) is 16.6 Å². The number of aliphatic hydroxyl groups is 1. The summed E-state index contributed by atoms with van der Waals surface area (Å²) >= 11 is 1.90. The summed E-state index contributed by atoms with van der Waals surface area (Å²) in [6.45, 7) is 0. The Bertz CT molecular complexity index is 367. The molecule has 1 unspecified atom stereocenters. The lowest BCUT2D eigenvalue weighted by Gasteiger charge is -2.22. The lowest BCUT2D eigenvalue weighted by atomic mass is 10.0. The van der Waals surface area contributed by atoms with Crippen molar-refractivity contribution in [3.8, 4) is 5.75 Å². The molecule has 1 aromatic rings. The maximum atomic E-state index is 10.2. The lowest BCUT2D eigenvalue weighted by molar-refractivity contribution is 0.203. The van der Waals surface area contributed by atoms with E-state index >= 15 is 0 Å². The molecule has 0 bridgehead atoms. The molecule has 1 aliphatic rings. The summed E-state index contributed by atoms with van der Waals surface area (Å²) in [5, 5.41) is 10.9. The normalized spacial score (nSPS) is 18.6. The largest absolute Gasteiger partial charge is 0.495 e. The molecule has 1 N–H and O–H groups in total. The minimum absolute atomic E-state index is 0.445. The Morgan fingerprint density at radius 3 is 2.89 bits per heavy atom. The molecule has 1 atom stereocenters. The van der Waals surface area contributed by atoms with Crippen molar-refractivity contribution in [3.05, 3.63) is 24.0 Å². The molecule has 1 heterocycles. The minimum Gasteiger partial charge on any atom is -0.495 e. The summed E-state index contributed by atoms with van der Waals surface area (Å²) in [7, 11) is 1.62. The van der Waals surface area contributed by atoms with Gasteiger partial charge in [0.15, 0.2) is 0 Å². The molecule has 0 amide bonds. The van der Waals surface area contributed by atoms with Crippen LogP contribution in [0.3, 0.4) is 0 Å². The molecule has 0 saturated heterocycles. The summed E-state index contributed by atoms with van der Waals surface area (Å²) in [5.41, 5.74) is 0.845. The fraction of sp³-hybridized carbons (Fsp3) is 0.643. The summed E-state index contributed by atoms with van der Waals surface area (Å²) < 4.78 is 5.12. The van der Waals surface area contributed by atoms with E-state index in [9.17, 15) is 5.11 Å². The number of pyridine rings is 1. The topological polar surface area (TPSA) is 42.4 Å². The summed E-state index contributed by atoms with van der Waals surface area (Å²) in [6, 6.07) is 1.86. The van der Waals surface area contributed by atoms with Gasteiger partial charge in [0.05, 0.1) is 19.4 Å². The second-order valence-corrected chi connectivity index (χ2v) is 6.10. The van der Waals surface area contributed by atoms with Gasteiger partial charge in [0.1, 0.15) is 5.75 Å². The Balaban J connectivity index is 1.84. The fourth-order valence-electron chi connectivity index (χ4n) is 2.28. The highest BCUT2D eigenvalue weighted by atomic mass is 32.2. The van der Waals surface area contributed by atoms with E-state index in [1.54, 1.807) is 19.5 Å². The fourth-order valence-corrected chi connectivity index (χ4v) is 3.60. The molecular formula is C14H21NO2S. The van der Waals surface area contributed by atoms with Crippen molar-refractivity contribution in [1.82, 2.24) is 4.98 Å². The molecule has 18 heavy (non-hydrogen) atoms. The lowest BCUT2D eigenvalue weighted by Crippen LogP contribution is -2.11. The molecule has 3 nitrogen and oxygen atoms in total. The van der Waals surface area contributed by atoms with Crippen molar-refractivity contribution in [2.45, 2.75) is 43.5 Å². The number of aromatic nitrogens is 1. The third kappa shape index (κ3) is 3.89. The number of nitrogens with zero attached hydrogens (tertiary/aromatic N) is 1. The molecule has 0 radical (unpaired) electrons. The minimum atomic E-state index is -0.445. The number of hydrogen-bond donors (Lipinski definition) is 1. The predicted molar refractivity (Wildman–Crippen MR) is 75.1 cm³/mol. The molecule has 2 rings (SSSR count). The van der Waals surface area contributed by atoms with Gasteiger partial charge in [-0.1, -0.05) is 19.3 Å². The van der Waals surface area contributed by atoms with E-state index in [1.165, 1.54) is 32.1 Å². The Kier molecular flexibility index (Phi) is 5.32. The average Bonchev–Trinajstić information content (AvgIpc) is 2.46. The van der Waals surface area contributed by atoms with Gasteiger partial charge >= 0.3 is 0 Å². The number of thioether (sulfide) groups is 1. The van der Waals surface area contributed by atoms with Crippen LogP contribution in [0.25, 0.3) is 0 Å². The van der Waals surface area contributed by atoms with Crippen LogP contribution in [0.4, 0.5) is 0 Å². The smallest absolute Gasteiger partial charge is 0.137 e. The SMILES string of the molecule is COc1cncc(C(O)CSC2CCCCC2)c1. The third-order valence-corrected chi connectivity index (χ3v) is 4.85. The molecule has 4 heteroatoms. The second kappa shape index (κ2) is 7.00. The third-order valence-electron chi connectivity index (χ3n) is 3.40. The Labute approximate surface area is 113 Å². The first-order valence-electron chi connectivity index (χ1n) is 6.58. The van der Waals surface area contributed by atoms with Crippen LogP contribution in [-0.4, -0.2) is 28.2 Å². The van der Waals surface area contributed by atoms with Crippen molar-refractivity contribution < 1.29 is 9.84 Å². The van der Waals surface area contributed by atoms with Gasteiger partial charge in [-0.05, 0) is 18.9 Å². The van der Waals surface area contributed by atoms with E-state index in [-0.39, 0.29) is 0 Å². The maximum absolute atomic E-state index is 10.2. The average molecular weight is 267 g/mol. The molecule has 0 spiro atoms. The highest BCUT2D eigenvalue weighted by Gasteiger charge is 2.16. The van der Waals surface area contributed by atoms with E-state index < -0.39 is 6.10 Å². The van der Waals surface area contributed by atoms with Gasteiger partial charge in [-0.3, -0.25) is 4.98 Å². The Hall–Kier alpha value is -0.740. The van der Waals surface area contributed by atoms with E-state index in [1.807, 2.05) is 17.8 Å². The zero-order valence-corrected chi connectivity index (χ0v) is 11.7. The highest BCUT2D eigenvalue weighted by molar-refractivity contribution is 7.99. The monoisotopic (exact) mass is 267 g/mol. The van der Waals surface area contributed by atoms with E-state index in [2.05, 4.69) is 4.98 Å². The van der Waals surface area contributed by atoms with Crippen LogP contribution in [0.5, 0.6) is 5.75 Å². The number of rotatable bonds is 5. The Morgan fingerprint density at radius 2 is 2.17 bits per heavy atom. The van der Waals surface area contributed by atoms with Crippen LogP contribution in [0.1, 0.15) is 43.8 Å². The van der Waals surface area contributed by atoms with Gasteiger partial charge in [0.25, 0.3) is 0 Å². The van der Waals surface area contributed by atoms with Gasteiger partial charge in [0.2, 0.25) is 0 Å². The summed E-state index contributed by atoms with van der Waals surface area (Å²) in [4.78, 5) is 4.08. The number of aliphatic hydroxyl groups excluding tert-OH is 1. The molecule has 1 saturated carbocycles. The zero-order valence-electron chi connectivity index (χ0n) is 10.8. The van der Waals surface area contributed by atoms with Crippen LogP contribution in [-0.2, 0) is 0 Å². The second-order valence-electron chi connectivity index (χ2n) is 4.77. The predicted octanol–water partition coefficient (Wildman–Crippen LogP) is 3.19. The van der Waals surface area contributed by atoms with Crippen molar-refractivity contribution in [2.24, 2.45) is 0 Å². The van der Waals surface area contributed by atoms with E-state index in [0.29, 0.717) is 5.75 Å². The molecule has 1 aromatic heterocycles. The van der Waals surface area contributed by atoms with Crippen LogP contribution in [0.2, 0.25) is 0 Å². The van der Waals surface area contributed by atoms with Gasteiger partial charge in [-0.25, -0.2) is 0 Å². The molecular weight excluding hydrogens is 246 g/mol. The molecule has 100 valence electrons.